The van der Waals surface area contributed by atoms with E-state index in [9.17, 15) is 4.79 Å². The summed E-state index contributed by atoms with van der Waals surface area (Å²) in [5, 5.41) is 0.926. The molecule has 3 aromatic rings. The first-order valence-corrected chi connectivity index (χ1v) is 9.24. The molecule has 128 valence electrons. The number of carbonyl (C=O) groups excluding carboxylic acids is 1. The van der Waals surface area contributed by atoms with Crippen LogP contribution in [0.3, 0.4) is 0 Å². The second kappa shape index (κ2) is 7.16. The molecule has 0 aliphatic rings. The molecule has 0 spiro atoms. The standard InChI is InChI=1S/C19H16Cl2N2OS/c1-4-9-23-17-15(8-7-14(20)16(17)21)25-19(23)22-18(24)13-10-11(2)5-6-12(13)3/h4-8,10H,1,9H2,2-3H3. The third-order valence-electron chi connectivity index (χ3n) is 3.87. The lowest BCUT2D eigenvalue weighted by molar-refractivity contribution is 0.0997. The van der Waals surface area contributed by atoms with Crippen molar-refractivity contribution in [3.8, 4) is 0 Å². The van der Waals surface area contributed by atoms with Gasteiger partial charge in [-0.1, -0.05) is 58.3 Å². The smallest absolute Gasteiger partial charge is 0.279 e. The molecule has 1 heterocycles. The molecule has 0 radical (unpaired) electrons. The number of allylic oxidation sites excluding steroid dienone is 1. The fraction of sp³-hybridized carbons (Fsp3) is 0.158. The lowest BCUT2D eigenvalue weighted by atomic mass is 10.1. The van der Waals surface area contributed by atoms with Crippen LogP contribution in [-0.2, 0) is 6.54 Å². The van der Waals surface area contributed by atoms with Crippen molar-refractivity contribution in [3.05, 3.63) is 74.5 Å². The Balaban J connectivity index is 2.24. The number of aryl methyl sites for hydroxylation is 2. The molecule has 0 unspecified atom stereocenters. The monoisotopic (exact) mass is 390 g/mol. The fourth-order valence-electron chi connectivity index (χ4n) is 2.60. The maximum atomic E-state index is 12.7. The van der Waals surface area contributed by atoms with Crippen LogP contribution in [0.25, 0.3) is 10.2 Å². The van der Waals surface area contributed by atoms with E-state index in [-0.39, 0.29) is 5.91 Å². The van der Waals surface area contributed by atoms with E-state index >= 15 is 0 Å². The van der Waals surface area contributed by atoms with Crippen LogP contribution in [0, 0.1) is 13.8 Å². The van der Waals surface area contributed by atoms with E-state index in [2.05, 4.69) is 11.6 Å². The normalized spacial score (nSPS) is 11.9. The quantitative estimate of drug-likeness (QED) is 0.539. The lowest BCUT2D eigenvalue weighted by Gasteiger charge is -2.05. The number of fused-ring (bicyclic) bond motifs is 1. The van der Waals surface area contributed by atoms with Crippen molar-refractivity contribution in [1.82, 2.24) is 4.57 Å². The molecule has 0 aliphatic heterocycles. The summed E-state index contributed by atoms with van der Waals surface area (Å²) in [6.45, 7) is 8.12. The van der Waals surface area contributed by atoms with Crippen molar-refractivity contribution in [2.24, 2.45) is 4.99 Å². The molecule has 6 heteroatoms. The highest BCUT2D eigenvalue weighted by atomic mass is 35.5. The van der Waals surface area contributed by atoms with Crippen LogP contribution in [0.4, 0.5) is 0 Å². The average Bonchev–Trinajstić information content (AvgIpc) is 2.92. The highest BCUT2D eigenvalue weighted by molar-refractivity contribution is 7.16. The van der Waals surface area contributed by atoms with E-state index in [0.29, 0.717) is 27.0 Å². The Morgan fingerprint density at radius 1 is 1.28 bits per heavy atom. The molecule has 3 rings (SSSR count). The second-order valence-corrected chi connectivity index (χ2v) is 7.52. The first-order valence-electron chi connectivity index (χ1n) is 7.67. The number of aromatic nitrogens is 1. The molecule has 0 saturated carbocycles. The van der Waals surface area contributed by atoms with Gasteiger partial charge in [0.25, 0.3) is 5.91 Å². The minimum atomic E-state index is -0.271. The molecular formula is C19H16Cl2N2OS. The number of rotatable bonds is 3. The number of nitrogens with zero attached hydrogens (tertiary/aromatic N) is 2. The van der Waals surface area contributed by atoms with Crippen LogP contribution in [0.2, 0.25) is 10.0 Å². The summed E-state index contributed by atoms with van der Waals surface area (Å²) in [5.74, 6) is -0.271. The number of amides is 1. The zero-order valence-corrected chi connectivity index (χ0v) is 16.2. The van der Waals surface area contributed by atoms with Gasteiger partial charge in [0.05, 0.1) is 20.3 Å². The van der Waals surface area contributed by atoms with Gasteiger partial charge in [-0.2, -0.15) is 4.99 Å². The first-order chi connectivity index (χ1) is 11.9. The van der Waals surface area contributed by atoms with E-state index in [4.69, 9.17) is 23.2 Å². The Labute approximate surface area is 159 Å². The van der Waals surface area contributed by atoms with Gasteiger partial charge in [0, 0.05) is 12.1 Å². The van der Waals surface area contributed by atoms with Crippen molar-refractivity contribution >= 4 is 50.7 Å². The molecule has 0 aliphatic carbocycles. The van der Waals surface area contributed by atoms with Crippen molar-refractivity contribution in [1.29, 1.82) is 0 Å². The molecule has 1 amide bonds. The fourth-order valence-corrected chi connectivity index (χ4v) is 4.12. The maximum absolute atomic E-state index is 12.7. The number of hydrogen-bond acceptors (Lipinski definition) is 2. The molecule has 0 atom stereocenters. The van der Waals surface area contributed by atoms with Gasteiger partial charge >= 0.3 is 0 Å². The second-order valence-electron chi connectivity index (χ2n) is 5.73. The summed E-state index contributed by atoms with van der Waals surface area (Å²) in [6, 6.07) is 9.39. The van der Waals surface area contributed by atoms with E-state index in [1.807, 2.05) is 42.7 Å². The van der Waals surface area contributed by atoms with Crippen molar-refractivity contribution in [2.75, 3.05) is 0 Å². The molecule has 0 fully saturated rings. The first kappa shape index (κ1) is 17.9. The number of hydrogen-bond donors (Lipinski definition) is 0. The maximum Gasteiger partial charge on any atom is 0.279 e. The topological polar surface area (TPSA) is 34.4 Å². The highest BCUT2D eigenvalue weighted by Gasteiger charge is 2.14. The Hall–Kier alpha value is -1.88. The Kier molecular flexibility index (Phi) is 5.13. The van der Waals surface area contributed by atoms with Gasteiger partial charge in [0.15, 0.2) is 4.80 Å². The van der Waals surface area contributed by atoms with Crippen LogP contribution in [0.15, 0.2) is 48.0 Å². The molecule has 25 heavy (non-hydrogen) atoms. The summed E-state index contributed by atoms with van der Waals surface area (Å²) in [6.07, 6.45) is 1.74. The van der Waals surface area contributed by atoms with E-state index in [0.717, 1.165) is 21.3 Å². The lowest BCUT2D eigenvalue weighted by Crippen LogP contribution is -2.16. The highest BCUT2D eigenvalue weighted by Crippen LogP contribution is 2.32. The number of halogens is 2. The molecular weight excluding hydrogens is 375 g/mol. The molecule has 0 saturated heterocycles. The van der Waals surface area contributed by atoms with E-state index in [1.54, 1.807) is 12.1 Å². The zero-order chi connectivity index (χ0) is 18.1. The predicted octanol–water partition coefficient (Wildman–Crippen LogP) is 5.55. The zero-order valence-electron chi connectivity index (χ0n) is 13.8. The number of carbonyl (C=O) groups is 1. The molecule has 0 N–H and O–H groups in total. The van der Waals surface area contributed by atoms with Gasteiger partial charge in [-0.25, -0.2) is 0 Å². The Bertz CT molecular complexity index is 1060. The SMILES string of the molecule is C=CCn1c(=NC(=O)c2cc(C)ccc2C)sc2ccc(Cl)c(Cl)c21. The summed E-state index contributed by atoms with van der Waals surface area (Å²) in [5.41, 5.74) is 3.30. The van der Waals surface area contributed by atoms with E-state index < -0.39 is 0 Å². The third-order valence-corrected chi connectivity index (χ3v) is 5.70. The Morgan fingerprint density at radius 2 is 2.04 bits per heavy atom. The van der Waals surface area contributed by atoms with Crippen molar-refractivity contribution < 1.29 is 4.79 Å². The van der Waals surface area contributed by atoms with Crippen LogP contribution in [0.5, 0.6) is 0 Å². The largest absolute Gasteiger partial charge is 0.311 e. The van der Waals surface area contributed by atoms with Crippen LogP contribution >= 0.6 is 34.5 Å². The van der Waals surface area contributed by atoms with Gasteiger partial charge in [-0.05, 0) is 37.6 Å². The molecule has 0 bridgehead atoms. The molecule has 1 aromatic heterocycles. The molecule has 2 aromatic carbocycles. The molecule has 3 nitrogen and oxygen atoms in total. The minimum absolute atomic E-state index is 0.271. The van der Waals surface area contributed by atoms with Gasteiger partial charge in [-0.15, -0.1) is 6.58 Å². The van der Waals surface area contributed by atoms with Gasteiger partial charge in [0.2, 0.25) is 0 Å². The Morgan fingerprint density at radius 3 is 2.76 bits per heavy atom. The summed E-state index contributed by atoms with van der Waals surface area (Å²) < 4.78 is 2.79. The van der Waals surface area contributed by atoms with Gasteiger partial charge < -0.3 is 4.57 Å². The van der Waals surface area contributed by atoms with Crippen LogP contribution in [0.1, 0.15) is 21.5 Å². The van der Waals surface area contributed by atoms with Crippen LogP contribution < -0.4 is 4.80 Å². The predicted molar refractivity (Wildman–Crippen MR) is 106 cm³/mol. The summed E-state index contributed by atoms with van der Waals surface area (Å²) in [4.78, 5) is 17.6. The number of benzene rings is 2. The van der Waals surface area contributed by atoms with Crippen molar-refractivity contribution in [2.45, 2.75) is 20.4 Å². The van der Waals surface area contributed by atoms with E-state index in [1.165, 1.54) is 11.3 Å². The third kappa shape index (κ3) is 3.43. The van der Waals surface area contributed by atoms with Gasteiger partial charge in [-0.3, -0.25) is 4.79 Å². The summed E-state index contributed by atoms with van der Waals surface area (Å²) >= 11 is 13.9. The van der Waals surface area contributed by atoms with Crippen molar-refractivity contribution in [3.63, 3.8) is 0 Å². The average molecular weight is 391 g/mol. The summed E-state index contributed by atoms with van der Waals surface area (Å²) in [7, 11) is 0. The minimum Gasteiger partial charge on any atom is -0.311 e. The number of thiazole rings is 1. The van der Waals surface area contributed by atoms with Crippen LogP contribution in [-0.4, -0.2) is 10.5 Å². The van der Waals surface area contributed by atoms with Gasteiger partial charge in [0.1, 0.15) is 0 Å².